The normalized spacial score (nSPS) is 23.8. The van der Waals surface area contributed by atoms with E-state index in [-0.39, 0.29) is 12.2 Å². The van der Waals surface area contributed by atoms with Crippen molar-refractivity contribution in [2.24, 2.45) is 0 Å². The number of aromatic nitrogens is 3. The summed E-state index contributed by atoms with van der Waals surface area (Å²) in [5.74, 6) is 0.391. The van der Waals surface area contributed by atoms with Crippen LogP contribution in [0.5, 0.6) is 5.75 Å². The van der Waals surface area contributed by atoms with Gasteiger partial charge in [-0.15, -0.1) is 0 Å². The smallest absolute Gasteiger partial charge is 0.481 e. The first kappa shape index (κ1) is 27.3. The average molecular weight is 565 g/mol. The summed E-state index contributed by atoms with van der Waals surface area (Å²) in [5.41, 5.74) is -1.14. The topological polar surface area (TPSA) is 242 Å². The highest BCUT2D eigenvalue weighted by Gasteiger charge is 2.46. The second-order valence-corrected chi connectivity index (χ2v) is 10.6. The van der Waals surface area contributed by atoms with E-state index in [1.54, 1.807) is 18.2 Å². The fourth-order valence-corrected chi connectivity index (χ4v) is 5.34. The summed E-state index contributed by atoms with van der Waals surface area (Å²) in [6, 6.07) is 5.92. The maximum absolute atomic E-state index is 13.2. The molecule has 202 valence electrons. The monoisotopic (exact) mass is 565 g/mol. The number of hydrogen-bond acceptors (Lipinski definition) is 12. The maximum atomic E-state index is 13.2. The Labute approximate surface area is 205 Å². The van der Waals surface area contributed by atoms with E-state index in [1.807, 2.05) is 0 Å². The SMILES string of the molecule is COc1cccc2onc(Cn3c(=O)ccn([C@@H]4O[C@H](COP(=O)(O)OP(=O)(O)O)[C@@H](O)[C@H]4O)c3=O)c12. The van der Waals surface area contributed by atoms with Gasteiger partial charge in [0.1, 0.15) is 29.8 Å². The van der Waals surface area contributed by atoms with Crippen LogP contribution >= 0.6 is 15.6 Å². The molecule has 0 saturated carbocycles. The maximum Gasteiger partial charge on any atom is 0.481 e. The lowest BCUT2D eigenvalue weighted by molar-refractivity contribution is -0.0547. The van der Waals surface area contributed by atoms with Crippen molar-refractivity contribution >= 4 is 26.6 Å². The van der Waals surface area contributed by atoms with Gasteiger partial charge in [0.2, 0.25) is 0 Å². The van der Waals surface area contributed by atoms with Gasteiger partial charge in [0.05, 0.1) is 25.6 Å². The fourth-order valence-electron chi connectivity index (χ4n) is 3.74. The number of rotatable bonds is 9. The number of phosphoric acid groups is 2. The largest absolute Gasteiger partial charge is 0.496 e. The number of methoxy groups -OCH3 is 1. The minimum absolute atomic E-state index is 0.201. The van der Waals surface area contributed by atoms with Gasteiger partial charge in [0.15, 0.2) is 11.8 Å². The Morgan fingerprint density at radius 2 is 1.84 bits per heavy atom. The quantitative estimate of drug-likeness (QED) is 0.197. The number of hydrogen-bond donors (Lipinski definition) is 5. The van der Waals surface area contributed by atoms with Crippen LogP contribution in [0.2, 0.25) is 0 Å². The molecule has 0 aliphatic carbocycles. The van der Waals surface area contributed by atoms with Gasteiger partial charge in [0.25, 0.3) is 5.56 Å². The summed E-state index contributed by atoms with van der Waals surface area (Å²) in [7, 11) is -9.23. The number of aliphatic hydroxyl groups excluding tert-OH is 2. The van der Waals surface area contributed by atoms with Crippen LogP contribution in [0, 0.1) is 0 Å². The van der Waals surface area contributed by atoms with Crippen molar-refractivity contribution in [3.63, 3.8) is 0 Å². The zero-order chi connectivity index (χ0) is 27.1. The van der Waals surface area contributed by atoms with Gasteiger partial charge in [-0.2, -0.15) is 4.31 Å². The molecule has 17 nitrogen and oxygen atoms in total. The number of nitrogens with zero attached hydrogens (tertiary/aromatic N) is 3. The number of ether oxygens (including phenoxy) is 2. The van der Waals surface area contributed by atoms with Crippen molar-refractivity contribution in [2.75, 3.05) is 13.7 Å². The highest BCUT2D eigenvalue weighted by Crippen LogP contribution is 2.57. The Bertz CT molecular complexity index is 1510. The molecule has 3 aromatic rings. The molecular weight excluding hydrogens is 544 g/mol. The number of aliphatic hydroxyl groups is 2. The van der Waals surface area contributed by atoms with Crippen molar-refractivity contribution in [1.29, 1.82) is 0 Å². The van der Waals surface area contributed by atoms with Crippen LogP contribution in [0.15, 0.2) is 44.6 Å². The first-order valence-corrected chi connectivity index (χ1v) is 13.3. The molecule has 0 spiro atoms. The van der Waals surface area contributed by atoms with E-state index >= 15 is 0 Å². The van der Waals surface area contributed by atoms with Crippen LogP contribution in [0.4, 0.5) is 0 Å². The molecule has 19 heteroatoms. The van der Waals surface area contributed by atoms with Gasteiger partial charge >= 0.3 is 21.3 Å². The summed E-state index contributed by atoms with van der Waals surface area (Å²) in [6.45, 7) is -1.31. The molecule has 0 amide bonds. The van der Waals surface area contributed by atoms with Gasteiger partial charge in [0, 0.05) is 12.3 Å². The second kappa shape index (κ2) is 10.2. The predicted molar refractivity (Wildman–Crippen MR) is 119 cm³/mol. The van der Waals surface area contributed by atoms with Crippen molar-refractivity contribution < 1.29 is 56.9 Å². The molecule has 5 atom stereocenters. The third-order valence-corrected chi connectivity index (χ3v) is 7.53. The molecule has 37 heavy (non-hydrogen) atoms. The lowest BCUT2D eigenvalue weighted by atomic mass is 10.1. The summed E-state index contributed by atoms with van der Waals surface area (Å²) in [6.07, 6.45) is -5.63. The van der Waals surface area contributed by atoms with Crippen LogP contribution in [0.3, 0.4) is 0 Å². The van der Waals surface area contributed by atoms with Gasteiger partial charge in [-0.3, -0.25) is 18.5 Å². The lowest BCUT2D eigenvalue weighted by Gasteiger charge is -2.19. The zero-order valence-electron chi connectivity index (χ0n) is 18.8. The minimum Gasteiger partial charge on any atom is -0.496 e. The molecule has 5 N–H and O–H groups in total. The Morgan fingerprint density at radius 3 is 2.51 bits per heavy atom. The Morgan fingerprint density at radius 1 is 1.11 bits per heavy atom. The molecule has 4 rings (SSSR count). The van der Waals surface area contributed by atoms with Crippen molar-refractivity contribution in [3.8, 4) is 5.75 Å². The molecule has 1 fully saturated rings. The molecule has 1 aliphatic rings. The van der Waals surface area contributed by atoms with E-state index in [0.29, 0.717) is 16.7 Å². The van der Waals surface area contributed by atoms with E-state index < -0.39 is 58.0 Å². The minimum atomic E-state index is -5.39. The molecule has 1 unspecified atom stereocenters. The third kappa shape index (κ3) is 5.76. The summed E-state index contributed by atoms with van der Waals surface area (Å²) in [5, 5.41) is 25.1. The van der Waals surface area contributed by atoms with Crippen molar-refractivity contribution in [2.45, 2.75) is 31.1 Å². The molecule has 0 bridgehead atoms. The first-order chi connectivity index (χ1) is 17.3. The van der Waals surface area contributed by atoms with Gasteiger partial charge < -0.3 is 38.9 Å². The first-order valence-electron chi connectivity index (χ1n) is 10.3. The second-order valence-electron chi connectivity index (χ2n) is 7.78. The molecule has 1 saturated heterocycles. The highest BCUT2D eigenvalue weighted by atomic mass is 31.3. The molecule has 1 aromatic carbocycles. The van der Waals surface area contributed by atoms with Crippen molar-refractivity contribution in [1.82, 2.24) is 14.3 Å². The van der Waals surface area contributed by atoms with Gasteiger partial charge in [-0.25, -0.2) is 13.9 Å². The van der Waals surface area contributed by atoms with Crippen LogP contribution in [0.25, 0.3) is 11.0 Å². The van der Waals surface area contributed by atoms with Crippen LogP contribution in [-0.2, 0) is 29.2 Å². The molecule has 1 aliphatic heterocycles. The number of phosphoric ester groups is 1. The zero-order valence-corrected chi connectivity index (χ0v) is 20.5. The lowest BCUT2D eigenvalue weighted by Crippen LogP contribution is -2.43. The van der Waals surface area contributed by atoms with Crippen LogP contribution in [0.1, 0.15) is 11.9 Å². The van der Waals surface area contributed by atoms with Gasteiger partial charge in [-0.1, -0.05) is 11.2 Å². The Kier molecular flexibility index (Phi) is 7.56. The van der Waals surface area contributed by atoms with E-state index in [9.17, 15) is 33.8 Å². The fraction of sp³-hybridized carbons (Fsp3) is 0.389. The molecule has 0 radical (unpaired) electrons. The van der Waals surface area contributed by atoms with Gasteiger partial charge in [-0.05, 0) is 12.1 Å². The summed E-state index contributed by atoms with van der Waals surface area (Å²) < 4.78 is 48.0. The van der Waals surface area contributed by atoms with E-state index in [2.05, 4.69) is 14.0 Å². The molecule has 3 heterocycles. The van der Waals surface area contributed by atoms with E-state index in [0.717, 1.165) is 21.4 Å². The standard InChI is InChI=1S/C18H21N3O14P2/c1-31-10-3-2-4-11-14(10)9(19-34-11)7-21-13(22)5-6-20(18(21)25)17-16(24)15(23)12(33-17)8-32-37(29,30)35-36(26,27)28/h2-6,12,15-17,23-24H,7-8H2,1H3,(H,29,30)(H2,26,27,28)/t12-,15-,16-,17-/m1/s1. The van der Waals surface area contributed by atoms with Crippen LogP contribution in [-0.4, -0.2) is 71.2 Å². The van der Waals surface area contributed by atoms with E-state index in [1.165, 1.54) is 7.11 Å². The van der Waals surface area contributed by atoms with E-state index in [4.69, 9.17) is 23.8 Å². The summed E-state index contributed by atoms with van der Waals surface area (Å²) in [4.78, 5) is 52.4. The third-order valence-electron chi connectivity index (χ3n) is 5.38. The van der Waals surface area contributed by atoms with Crippen molar-refractivity contribution in [3.05, 3.63) is 57.0 Å². The molecular formula is C18H21N3O14P2. The predicted octanol–water partition coefficient (Wildman–Crippen LogP) is -0.946. The average Bonchev–Trinajstić information content (AvgIpc) is 3.35. The van der Waals surface area contributed by atoms with Crippen LogP contribution < -0.4 is 16.0 Å². The Hall–Kier alpha value is -2.69. The molecule has 2 aromatic heterocycles. The highest BCUT2D eigenvalue weighted by molar-refractivity contribution is 7.60. The summed E-state index contributed by atoms with van der Waals surface area (Å²) >= 11 is 0. The number of benzene rings is 1. The Balaban J connectivity index is 1.59. The number of fused-ring (bicyclic) bond motifs is 1.